The second kappa shape index (κ2) is 5.53. The quantitative estimate of drug-likeness (QED) is 0.640. The van der Waals surface area contributed by atoms with Crippen LogP contribution < -0.4 is 10.5 Å². The highest BCUT2D eigenvalue weighted by Crippen LogP contribution is 2.36. The average Bonchev–Trinajstić information content (AvgIpc) is 3.01. The minimum absolute atomic E-state index is 0.100. The van der Waals surface area contributed by atoms with Gasteiger partial charge in [-0.25, -0.2) is 4.98 Å². The van der Waals surface area contributed by atoms with Gasteiger partial charge >= 0.3 is 0 Å². The fourth-order valence-electron chi connectivity index (χ4n) is 3.37. The van der Waals surface area contributed by atoms with Gasteiger partial charge in [-0.2, -0.15) is 0 Å². The summed E-state index contributed by atoms with van der Waals surface area (Å²) >= 11 is 0. The normalized spacial score (nSPS) is 23.9. The Labute approximate surface area is 136 Å². The molecule has 2 aromatic rings. The van der Waals surface area contributed by atoms with Crippen molar-refractivity contribution in [2.45, 2.75) is 12.0 Å². The molecule has 0 aliphatic carbocycles. The number of nitro benzene ring substituents is 1. The van der Waals surface area contributed by atoms with Crippen molar-refractivity contribution >= 4 is 22.3 Å². The number of nitrogens with zero attached hydrogens (tertiary/aromatic N) is 3. The number of aromatic amines is 1. The van der Waals surface area contributed by atoms with Gasteiger partial charge < -0.3 is 19.4 Å². The Bertz CT molecular complexity index is 859. The first-order valence-electron chi connectivity index (χ1n) is 7.70. The number of aromatic nitrogens is 2. The van der Waals surface area contributed by atoms with E-state index >= 15 is 0 Å². The Hall–Kier alpha value is -2.52. The molecule has 0 bridgehead atoms. The van der Waals surface area contributed by atoms with Crippen LogP contribution in [0.3, 0.4) is 0 Å². The van der Waals surface area contributed by atoms with Crippen molar-refractivity contribution in [2.24, 2.45) is 0 Å². The van der Waals surface area contributed by atoms with E-state index in [2.05, 4.69) is 9.97 Å². The number of hydrogen-bond donors (Lipinski definition) is 1. The van der Waals surface area contributed by atoms with Crippen molar-refractivity contribution < 1.29 is 14.4 Å². The maximum atomic E-state index is 11.9. The molecule has 2 fully saturated rings. The number of nitrogens with one attached hydrogen (secondary N) is 1. The summed E-state index contributed by atoms with van der Waals surface area (Å²) in [5, 5.41) is 11.7. The van der Waals surface area contributed by atoms with Gasteiger partial charge in [-0.05, 0) is 6.07 Å². The summed E-state index contributed by atoms with van der Waals surface area (Å²) in [5.74, 6) is 0. The van der Waals surface area contributed by atoms with Gasteiger partial charge in [-0.3, -0.25) is 14.9 Å². The zero-order chi connectivity index (χ0) is 16.7. The highest BCUT2D eigenvalue weighted by Gasteiger charge is 2.41. The van der Waals surface area contributed by atoms with Crippen LogP contribution >= 0.6 is 0 Å². The minimum Gasteiger partial charge on any atom is -0.378 e. The van der Waals surface area contributed by atoms with Crippen LogP contribution in [0.5, 0.6) is 0 Å². The van der Waals surface area contributed by atoms with E-state index in [1.54, 1.807) is 6.07 Å². The highest BCUT2D eigenvalue weighted by atomic mass is 16.6. The van der Waals surface area contributed by atoms with Crippen LogP contribution in [0.25, 0.3) is 10.9 Å². The predicted molar refractivity (Wildman–Crippen MR) is 85.4 cm³/mol. The summed E-state index contributed by atoms with van der Waals surface area (Å²) in [6, 6.07) is 2.90. The van der Waals surface area contributed by atoms with Gasteiger partial charge in [0, 0.05) is 32.2 Å². The van der Waals surface area contributed by atoms with Gasteiger partial charge in [-0.15, -0.1) is 0 Å². The summed E-state index contributed by atoms with van der Waals surface area (Å²) in [5.41, 5.74) is -0.0140. The zero-order valence-corrected chi connectivity index (χ0v) is 12.9. The molecule has 4 rings (SSSR count). The number of rotatable bonds is 2. The molecule has 2 saturated heterocycles. The van der Waals surface area contributed by atoms with Crippen LogP contribution in [0.2, 0.25) is 0 Å². The summed E-state index contributed by atoms with van der Waals surface area (Å²) in [6.07, 6.45) is 2.06. The number of nitro groups is 1. The zero-order valence-electron chi connectivity index (χ0n) is 12.9. The van der Waals surface area contributed by atoms with Crippen molar-refractivity contribution in [1.82, 2.24) is 9.97 Å². The van der Waals surface area contributed by atoms with Crippen LogP contribution in [-0.4, -0.2) is 53.4 Å². The lowest BCUT2D eigenvalue weighted by Crippen LogP contribution is -2.52. The van der Waals surface area contributed by atoms with E-state index in [1.165, 1.54) is 12.4 Å². The number of fused-ring (bicyclic) bond motifs is 1. The maximum Gasteiger partial charge on any atom is 0.293 e. The van der Waals surface area contributed by atoms with Crippen LogP contribution in [0, 0.1) is 10.1 Å². The molecule has 1 atom stereocenters. The Balaban J connectivity index is 1.81. The van der Waals surface area contributed by atoms with Gasteiger partial charge in [0.2, 0.25) is 0 Å². The molecular weight excluding hydrogens is 316 g/mol. The minimum atomic E-state index is -0.464. The lowest BCUT2D eigenvalue weighted by Gasteiger charge is -2.40. The third kappa shape index (κ3) is 2.42. The molecule has 9 heteroatoms. The molecule has 0 radical (unpaired) electrons. The van der Waals surface area contributed by atoms with Crippen molar-refractivity contribution in [2.75, 3.05) is 37.8 Å². The summed E-state index contributed by atoms with van der Waals surface area (Å²) in [6.45, 7) is 2.65. The molecule has 0 saturated carbocycles. The lowest BCUT2D eigenvalue weighted by molar-refractivity contribution is -0.384. The van der Waals surface area contributed by atoms with E-state index in [4.69, 9.17) is 9.47 Å². The Morgan fingerprint density at radius 2 is 2.25 bits per heavy atom. The van der Waals surface area contributed by atoms with Crippen LogP contribution in [-0.2, 0) is 9.47 Å². The molecular formula is C15H16N4O5. The standard InChI is InChI=1S/C15H16N4O5/c20-14-10-5-13(19(21)22)12(6-11(10)16-9-17-14)18-2-4-24-15(7-18)1-3-23-8-15/h5-6,9H,1-4,7-8H2,(H,16,17,20). The molecule has 1 aromatic heterocycles. The fourth-order valence-corrected chi connectivity index (χ4v) is 3.37. The maximum absolute atomic E-state index is 11.9. The Morgan fingerprint density at radius 1 is 1.38 bits per heavy atom. The van der Waals surface area contributed by atoms with E-state index < -0.39 is 16.1 Å². The number of ether oxygens (including phenoxy) is 2. The average molecular weight is 332 g/mol. The van der Waals surface area contributed by atoms with Crippen LogP contribution in [0.1, 0.15) is 6.42 Å². The smallest absolute Gasteiger partial charge is 0.293 e. The second-order valence-corrected chi connectivity index (χ2v) is 6.10. The number of anilines is 1. The van der Waals surface area contributed by atoms with Gasteiger partial charge in [-0.1, -0.05) is 0 Å². The van der Waals surface area contributed by atoms with Crippen LogP contribution in [0.4, 0.5) is 11.4 Å². The van der Waals surface area contributed by atoms with Gasteiger partial charge in [0.1, 0.15) is 11.3 Å². The van der Waals surface area contributed by atoms with Gasteiger partial charge in [0.05, 0.1) is 35.4 Å². The molecule has 1 aromatic carbocycles. The van der Waals surface area contributed by atoms with Crippen molar-refractivity contribution in [3.63, 3.8) is 0 Å². The first-order chi connectivity index (χ1) is 11.6. The van der Waals surface area contributed by atoms with Crippen LogP contribution in [0.15, 0.2) is 23.3 Å². The number of morpholine rings is 1. The lowest BCUT2D eigenvalue weighted by atomic mass is 10.00. The van der Waals surface area contributed by atoms with Crippen molar-refractivity contribution in [3.8, 4) is 0 Å². The molecule has 1 N–H and O–H groups in total. The monoisotopic (exact) mass is 332 g/mol. The topological polar surface area (TPSA) is 111 Å². The molecule has 24 heavy (non-hydrogen) atoms. The summed E-state index contributed by atoms with van der Waals surface area (Å²) < 4.78 is 11.3. The molecule has 2 aliphatic heterocycles. The second-order valence-electron chi connectivity index (χ2n) is 6.10. The Morgan fingerprint density at radius 3 is 3.00 bits per heavy atom. The third-order valence-electron chi connectivity index (χ3n) is 4.59. The van der Waals surface area contributed by atoms with Gasteiger partial charge in [0.15, 0.2) is 0 Å². The highest BCUT2D eigenvalue weighted by molar-refractivity contribution is 5.87. The largest absolute Gasteiger partial charge is 0.378 e. The first-order valence-corrected chi connectivity index (χ1v) is 7.70. The van der Waals surface area contributed by atoms with E-state index in [-0.39, 0.29) is 11.1 Å². The number of H-pyrrole nitrogens is 1. The molecule has 0 amide bonds. The summed E-state index contributed by atoms with van der Waals surface area (Å²) in [4.78, 5) is 31.4. The van der Waals surface area contributed by atoms with Crippen molar-refractivity contribution in [3.05, 3.63) is 38.9 Å². The van der Waals surface area contributed by atoms with E-state index in [0.717, 1.165) is 6.42 Å². The molecule has 1 unspecified atom stereocenters. The van der Waals surface area contributed by atoms with E-state index in [9.17, 15) is 14.9 Å². The molecule has 9 nitrogen and oxygen atoms in total. The van der Waals surface area contributed by atoms with E-state index in [0.29, 0.717) is 44.1 Å². The number of hydrogen-bond acceptors (Lipinski definition) is 7. The molecule has 2 aliphatic rings. The fraction of sp³-hybridized carbons (Fsp3) is 0.467. The summed E-state index contributed by atoms with van der Waals surface area (Å²) in [7, 11) is 0. The molecule has 1 spiro atoms. The number of benzene rings is 1. The molecule has 3 heterocycles. The predicted octanol–water partition coefficient (Wildman–Crippen LogP) is 0.827. The first kappa shape index (κ1) is 15.0. The third-order valence-corrected chi connectivity index (χ3v) is 4.59. The SMILES string of the molecule is O=c1[nH]cnc2cc(N3CCOC4(CCOC4)C3)c([N+](=O)[O-])cc12. The van der Waals surface area contributed by atoms with Gasteiger partial charge in [0.25, 0.3) is 11.2 Å². The molecule has 126 valence electrons. The van der Waals surface area contributed by atoms with E-state index in [1.807, 2.05) is 4.90 Å². The van der Waals surface area contributed by atoms with Crippen molar-refractivity contribution in [1.29, 1.82) is 0 Å². The Kier molecular flexibility index (Phi) is 3.47.